The topological polar surface area (TPSA) is 121 Å². The average molecular weight is 567 g/mol. The first kappa shape index (κ1) is 23.8. The predicted octanol–water partition coefficient (Wildman–Crippen LogP) is 6.50. The number of imidazole rings is 1. The lowest BCUT2D eigenvalue weighted by molar-refractivity contribution is -0.384. The molecule has 0 aliphatic rings. The van der Waals surface area contributed by atoms with Crippen LogP contribution >= 0.6 is 27.7 Å². The van der Waals surface area contributed by atoms with Crippen LogP contribution in [0.15, 0.2) is 69.1 Å². The number of hydrogen-bond donors (Lipinski definition) is 1. The van der Waals surface area contributed by atoms with Crippen LogP contribution in [-0.2, 0) is 0 Å². The standard InChI is InChI=1S/C24H19BrN6O4S/c1-13-11-26-20-7-6-14(12-30(13)20)21-22(18-5-4-8-35-18)28-24(36-3)29-23(21)27-16-9-15(25)19(34-2)10-17(16)31(32)33/h4-12H,1-3H3,(H,27,28,29). The molecule has 4 heterocycles. The van der Waals surface area contributed by atoms with E-state index < -0.39 is 4.92 Å². The quantitative estimate of drug-likeness (QED) is 0.102. The Bertz CT molecular complexity index is 1600. The fraction of sp³-hybridized carbons (Fsp3) is 0.125. The van der Waals surface area contributed by atoms with Gasteiger partial charge >= 0.3 is 0 Å². The molecule has 5 aromatic rings. The van der Waals surface area contributed by atoms with Crippen molar-refractivity contribution in [2.24, 2.45) is 0 Å². The maximum atomic E-state index is 11.9. The van der Waals surface area contributed by atoms with Gasteiger partial charge in [0.05, 0.1) is 34.4 Å². The molecule has 0 bridgehead atoms. The lowest BCUT2D eigenvalue weighted by atomic mass is 10.0. The summed E-state index contributed by atoms with van der Waals surface area (Å²) in [4.78, 5) is 25.3. The van der Waals surface area contributed by atoms with E-state index in [9.17, 15) is 10.1 Å². The molecule has 0 aliphatic heterocycles. The Labute approximate surface area is 218 Å². The number of methoxy groups -OCH3 is 1. The van der Waals surface area contributed by atoms with E-state index in [1.165, 1.54) is 24.9 Å². The number of nitrogens with zero attached hydrogens (tertiary/aromatic N) is 5. The van der Waals surface area contributed by atoms with E-state index in [0.29, 0.717) is 38.2 Å². The first-order chi connectivity index (χ1) is 17.4. The normalized spacial score (nSPS) is 11.1. The van der Waals surface area contributed by atoms with E-state index in [2.05, 4.69) is 26.2 Å². The molecule has 0 unspecified atom stereocenters. The monoisotopic (exact) mass is 566 g/mol. The third-order valence-corrected chi connectivity index (χ3v) is 6.69. The molecular weight excluding hydrogens is 548 g/mol. The number of rotatable bonds is 7. The Morgan fingerprint density at radius 2 is 2.08 bits per heavy atom. The Hall–Kier alpha value is -3.90. The maximum absolute atomic E-state index is 11.9. The van der Waals surface area contributed by atoms with E-state index in [4.69, 9.17) is 19.1 Å². The highest BCUT2D eigenvalue weighted by molar-refractivity contribution is 9.10. The molecule has 0 aliphatic carbocycles. The van der Waals surface area contributed by atoms with Gasteiger partial charge in [-0.3, -0.25) is 10.1 Å². The van der Waals surface area contributed by atoms with Gasteiger partial charge in [-0.05, 0) is 59.4 Å². The van der Waals surface area contributed by atoms with Crippen molar-refractivity contribution in [3.05, 3.63) is 75.3 Å². The number of nitrogens with one attached hydrogen (secondary N) is 1. The van der Waals surface area contributed by atoms with Gasteiger partial charge in [0.1, 0.15) is 28.6 Å². The number of thioether (sulfide) groups is 1. The van der Waals surface area contributed by atoms with Crippen molar-refractivity contribution in [3.8, 4) is 28.3 Å². The maximum Gasteiger partial charge on any atom is 0.296 e. The zero-order valence-corrected chi connectivity index (χ0v) is 21.8. The predicted molar refractivity (Wildman–Crippen MR) is 141 cm³/mol. The van der Waals surface area contributed by atoms with Crippen molar-refractivity contribution in [3.63, 3.8) is 0 Å². The summed E-state index contributed by atoms with van der Waals surface area (Å²) in [6, 6.07) is 10.4. The number of ether oxygens (including phenoxy) is 1. The summed E-state index contributed by atoms with van der Waals surface area (Å²) in [7, 11) is 1.45. The molecule has 5 rings (SSSR count). The average Bonchev–Trinajstić information content (AvgIpc) is 3.54. The number of fused-ring (bicyclic) bond motifs is 1. The molecule has 36 heavy (non-hydrogen) atoms. The number of pyridine rings is 1. The summed E-state index contributed by atoms with van der Waals surface area (Å²) >= 11 is 4.78. The highest BCUT2D eigenvalue weighted by Crippen LogP contribution is 2.42. The van der Waals surface area contributed by atoms with Crippen molar-refractivity contribution in [1.82, 2.24) is 19.4 Å². The molecular formula is C24H19BrN6O4S. The van der Waals surface area contributed by atoms with Crippen molar-refractivity contribution < 1.29 is 14.1 Å². The number of aryl methyl sites for hydroxylation is 1. The molecule has 0 amide bonds. The Balaban J connectivity index is 1.78. The summed E-state index contributed by atoms with van der Waals surface area (Å²) in [5.74, 6) is 1.27. The third kappa shape index (κ3) is 4.29. The smallest absolute Gasteiger partial charge is 0.296 e. The van der Waals surface area contributed by atoms with Gasteiger partial charge in [0.15, 0.2) is 10.9 Å². The Kier molecular flexibility index (Phi) is 6.37. The second-order valence-electron chi connectivity index (χ2n) is 7.69. The molecule has 1 N–H and O–H groups in total. The van der Waals surface area contributed by atoms with Gasteiger partial charge in [0, 0.05) is 23.7 Å². The SMILES string of the molecule is COc1cc([N+](=O)[O-])c(Nc2nc(SC)nc(-c3ccco3)c2-c2ccc3ncc(C)n3c2)cc1Br. The number of anilines is 2. The number of nitro groups is 1. The molecule has 1 aromatic carbocycles. The summed E-state index contributed by atoms with van der Waals surface area (Å²) in [6.45, 7) is 1.96. The van der Waals surface area contributed by atoms with Gasteiger partial charge in [0.2, 0.25) is 0 Å². The summed E-state index contributed by atoms with van der Waals surface area (Å²) < 4.78 is 13.5. The van der Waals surface area contributed by atoms with Crippen LogP contribution in [0.2, 0.25) is 0 Å². The van der Waals surface area contributed by atoms with Crippen LogP contribution in [0, 0.1) is 17.0 Å². The van der Waals surface area contributed by atoms with Crippen LogP contribution in [0.3, 0.4) is 0 Å². The molecule has 182 valence electrons. The van der Waals surface area contributed by atoms with Gasteiger partial charge in [0.25, 0.3) is 5.69 Å². The molecule has 0 radical (unpaired) electrons. The van der Waals surface area contributed by atoms with Crippen LogP contribution in [-0.4, -0.2) is 37.6 Å². The van der Waals surface area contributed by atoms with E-state index in [0.717, 1.165) is 16.9 Å². The minimum Gasteiger partial charge on any atom is -0.495 e. The van der Waals surface area contributed by atoms with Crippen molar-refractivity contribution in [2.45, 2.75) is 12.1 Å². The van der Waals surface area contributed by atoms with Crippen LogP contribution in [0.4, 0.5) is 17.2 Å². The van der Waals surface area contributed by atoms with Crippen LogP contribution in [0.5, 0.6) is 5.75 Å². The minimum atomic E-state index is -0.470. The van der Waals surface area contributed by atoms with Gasteiger partial charge < -0.3 is 18.9 Å². The molecule has 0 fully saturated rings. The summed E-state index contributed by atoms with van der Waals surface area (Å²) in [6.07, 6.45) is 7.15. The number of halogens is 1. The second kappa shape index (κ2) is 9.63. The first-order valence-electron chi connectivity index (χ1n) is 10.6. The molecule has 0 saturated carbocycles. The molecule has 0 spiro atoms. The zero-order valence-electron chi connectivity index (χ0n) is 19.4. The molecule has 12 heteroatoms. The van der Waals surface area contributed by atoms with Crippen LogP contribution in [0.25, 0.3) is 28.2 Å². The molecule has 0 saturated heterocycles. The van der Waals surface area contributed by atoms with Crippen molar-refractivity contribution in [2.75, 3.05) is 18.7 Å². The highest BCUT2D eigenvalue weighted by Gasteiger charge is 2.24. The molecule has 0 atom stereocenters. The van der Waals surface area contributed by atoms with Gasteiger partial charge in [-0.15, -0.1) is 0 Å². The molecule has 10 nitrogen and oxygen atoms in total. The van der Waals surface area contributed by atoms with Crippen molar-refractivity contribution >= 4 is 50.5 Å². The summed E-state index contributed by atoms with van der Waals surface area (Å²) in [5.41, 5.74) is 3.78. The lowest BCUT2D eigenvalue weighted by Crippen LogP contribution is -2.05. The second-order valence-corrected chi connectivity index (χ2v) is 9.32. The fourth-order valence-corrected chi connectivity index (χ4v) is 4.69. The molecule has 4 aromatic heterocycles. The zero-order chi connectivity index (χ0) is 25.4. The van der Waals surface area contributed by atoms with Gasteiger partial charge in [-0.2, -0.15) is 0 Å². The lowest BCUT2D eigenvalue weighted by Gasteiger charge is -2.17. The number of aromatic nitrogens is 4. The summed E-state index contributed by atoms with van der Waals surface area (Å²) in [5, 5.41) is 15.6. The van der Waals surface area contributed by atoms with E-state index in [1.54, 1.807) is 24.6 Å². The van der Waals surface area contributed by atoms with Crippen LogP contribution in [0.1, 0.15) is 5.69 Å². The van der Waals surface area contributed by atoms with E-state index in [-0.39, 0.29) is 11.4 Å². The first-order valence-corrected chi connectivity index (χ1v) is 12.6. The largest absolute Gasteiger partial charge is 0.495 e. The number of hydrogen-bond acceptors (Lipinski definition) is 9. The van der Waals surface area contributed by atoms with Crippen molar-refractivity contribution in [1.29, 1.82) is 0 Å². The number of nitro benzene ring substituents is 1. The fourth-order valence-electron chi connectivity index (χ4n) is 3.82. The van der Waals surface area contributed by atoms with Gasteiger partial charge in [-0.25, -0.2) is 15.0 Å². The van der Waals surface area contributed by atoms with Crippen LogP contribution < -0.4 is 10.1 Å². The van der Waals surface area contributed by atoms with E-state index >= 15 is 0 Å². The highest BCUT2D eigenvalue weighted by atomic mass is 79.9. The third-order valence-electron chi connectivity index (χ3n) is 5.52. The number of furan rings is 1. The van der Waals surface area contributed by atoms with E-state index in [1.807, 2.05) is 42.0 Å². The Morgan fingerprint density at radius 1 is 1.25 bits per heavy atom. The Morgan fingerprint density at radius 3 is 2.78 bits per heavy atom. The minimum absolute atomic E-state index is 0.161. The number of benzene rings is 1. The van der Waals surface area contributed by atoms with Gasteiger partial charge in [-0.1, -0.05) is 11.8 Å².